The minimum atomic E-state index is -0.559. The van der Waals surface area contributed by atoms with Crippen molar-refractivity contribution in [2.75, 3.05) is 51.1 Å². The lowest BCUT2D eigenvalue weighted by molar-refractivity contribution is -0.133. The maximum absolute atomic E-state index is 12.7. The molecule has 2 aromatic rings. The van der Waals surface area contributed by atoms with Gasteiger partial charge in [-0.05, 0) is 68.3 Å². The Morgan fingerprint density at radius 1 is 1.03 bits per heavy atom. The zero-order valence-electron chi connectivity index (χ0n) is 22.1. The zero-order valence-corrected chi connectivity index (χ0v) is 22.1. The molecule has 11 nitrogen and oxygen atoms in total. The molecule has 2 aliphatic heterocycles. The van der Waals surface area contributed by atoms with E-state index in [9.17, 15) is 14.4 Å². The molecular formula is C27H38N8O3. The van der Waals surface area contributed by atoms with Crippen molar-refractivity contribution < 1.29 is 9.59 Å². The number of nitrogens with one attached hydrogen (secondary N) is 1. The Labute approximate surface area is 222 Å². The topological polar surface area (TPSA) is 143 Å². The summed E-state index contributed by atoms with van der Waals surface area (Å²) in [5.74, 6) is 2.38. The first-order valence-electron chi connectivity index (χ1n) is 13.5. The Morgan fingerprint density at radius 3 is 2.24 bits per heavy atom. The summed E-state index contributed by atoms with van der Waals surface area (Å²) in [6, 6.07) is 9.14. The fourth-order valence-electron chi connectivity index (χ4n) is 5.93. The Hall–Kier alpha value is -3.28. The van der Waals surface area contributed by atoms with Gasteiger partial charge in [0.25, 0.3) is 0 Å². The summed E-state index contributed by atoms with van der Waals surface area (Å²) in [5, 5.41) is 2.69. The number of amides is 3. The number of rotatable bonds is 7. The number of carbonyl (C=O) groups is 2. The lowest BCUT2D eigenvalue weighted by atomic mass is 10.0. The summed E-state index contributed by atoms with van der Waals surface area (Å²) in [6.07, 6.45) is 2.57. The van der Waals surface area contributed by atoms with Crippen LogP contribution in [0.5, 0.6) is 0 Å². The Kier molecular flexibility index (Phi) is 7.51. The van der Waals surface area contributed by atoms with Crippen LogP contribution in [0.4, 0.5) is 10.6 Å². The summed E-state index contributed by atoms with van der Waals surface area (Å²) in [6.45, 7) is 8.67. The van der Waals surface area contributed by atoms with Gasteiger partial charge in [-0.25, -0.2) is 9.59 Å². The van der Waals surface area contributed by atoms with E-state index in [1.807, 2.05) is 12.1 Å². The first-order chi connectivity index (χ1) is 18.2. The van der Waals surface area contributed by atoms with Crippen molar-refractivity contribution in [1.29, 1.82) is 0 Å². The first kappa shape index (κ1) is 26.3. The van der Waals surface area contributed by atoms with E-state index in [-0.39, 0.29) is 17.8 Å². The van der Waals surface area contributed by atoms with Crippen molar-refractivity contribution in [1.82, 2.24) is 24.3 Å². The maximum Gasteiger partial charge on any atom is 0.354 e. The molecule has 11 heteroatoms. The van der Waals surface area contributed by atoms with Crippen LogP contribution in [0, 0.1) is 17.8 Å². The fourth-order valence-corrected chi connectivity index (χ4v) is 5.93. The summed E-state index contributed by atoms with van der Waals surface area (Å²) >= 11 is 0. The van der Waals surface area contributed by atoms with Crippen molar-refractivity contribution in [3.05, 3.63) is 52.6 Å². The van der Waals surface area contributed by atoms with E-state index < -0.39 is 11.7 Å². The van der Waals surface area contributed by atoms with E-state index in [0.29, 0.717) is 32.2 Å². The predicted molar refractivity (Wildman–Crippen MR) is 145 cm³/mol. The molecule has 1 aromatic carbocycles. The lowest BCUT2D eigenvalue weighted by Crippen LogP contribution is -2.54. The van der Waals surface area contributed by atoms with E-state index in [1.165, 1.54) is 10.1 Å². The molecule has 3 fully saturated rings. The number of likely N-dealkylation sites (tertiary alicyclic amines) is 1. The Bertz CT molecular complexity index is 1210. The molecule has 3 amide bonds. The second-order valence-corrected chi connectivity index (χ2v) is 10.9. The van der Waals surface area contributed by atoms with E-state index >= 15 is 0 Å². The molecule has 0 radical (unpaired) electrons. The molecule has 0 bridgehead atoms. The number of urea groups is 1. The third-order valence-corrected chi connectivity index (χ3v) is 8.35. The minimum Gasteiger partial charge on any atom is -0.338 e. The highest BCUT2D eigenvalue weighted by molar-refractivity contribution is 5.88. The van der Waals surface area contributed by atoms with E-state index in [2.05, 4.69) is 34.3 Å². The second-order valence-electron chi connectivity index (χ2n) is 10.9. The zero-order chi connectivity index (χ0) is 27.0. The molecule has 5 rings (SSSR count). The number of hydrogen-bond acceptors (Lipinski definition) is 7. The van der Waals surface area contributed by atoms with E-state index in [1.54, 1.807) is 29.0 Å². The van der Waals surface area contributed by atoms with Gasteiger partial charge in [0.1, 0.15) is 5.82 Å². The largest absolute Gasteiger partial charge is 0.354 e. The smallest absolute Gasteiger partial charge is 0.338 e. The molecular weight excluding hydrogens is 484 g/mol. The summed E-state index contributed by atoms with van der Waals surface area (Å²) in [5.41, 5.74) is 13.0. The molecule has 38 heavy (non-hydrogen) atoms. The SMILES string of the molecule is CC(Cc1ccc(-n2ccc(NC(=O)N3CCN(C(=O)[C@H](C)N)CC3)nc2=O)cc1)N1C[C@@H]2C(CN)[C@@H]2C1. The fraction of sp³-hybridized carbons (Fsp3) is 0.556. The summed E-state index contributed by atoms with van der Waals surface area (Å²) in [7, 11) is 0. The van der Waals surface area contributed by atoms with Crippen LogP contribution in [-0.2, 0) is 11.2 Å². The first-order valence-corrected chi connectivity index (χ1v) is 13.5. The quantitative estimate of drug-likeness (QED) is 0.475. The maximum atomic E-state index is 12.7. The molecule has 1 aromatic heterocycles. The Balaban J connectivity index is 1.14. The van der Waals surface area contributed by atoms with Gasteiger partial charge in [-0.3, -0.25) is 19.6 Å². The van der Waals surface area contributed by atoms with Crippen LogP contribution in [0.25, 0.3) is 5.69 Å². The number of benzene rings is 1. The molecule has 1 saturated carbocycles. The molecule has 0 spiro atoms. The number of nitrogens with two attached hydrogens (primary N) is 2. The van der Waals surface area contributed by atoms with E-state index in [4.69, 9.17) is 11.5 Å². The van der Waals surface area contributed by atoms with Crippen molar-refractivity contribution >= 4 is 17.8 Å². The molecule has 3 heterocycles. The van der Waals surface area contributed by atoms with Crippen molar-refractivity contribution in [2.45, 2.75) is 32.4 Å². The molecule has 2 saturated heterocycles. The highest BCUT2D eigenvalue weighted by atomic mass is 16.2. The van der Waals surface area contributed by atoms with Crippen LogP contribution < -0.4 is 22.5 Å². The summed E-state index contributed by atoms with van der Waals surface area (Å²) < 4.78 is 1.46. The number of piperidine rings is 1. The van der Waals surface area contributed by atoms with Crippen LogP contribution in [0.1, 0.15) is 19.4 Å². The normalized spacial score (nSPS) is 24.6. The van der Waals surface area contributed by atoms with Gasteiger partial charge in [0.15, 0.2) is 0 Å². The van der Waals surface area contributed by atoms with Crippen LogP contribution in [-0.4, -0.2) is 94.1 Å². The number of aromatic nitrogens is 2. The number of anilines is 1. The van der Waals surface area contributed by atoms with Crippen molar-refractivity contribution in [2.24, 2.45) is 29.2 Å². The van der Waals surface area contributed by atoms with Crippen molar-refractivity contribution in [3.8, 4) is 5.69 Å². The van der Waals surface area contributed by atoms with Crippen LogP contribution in [0.3, 0.4) is 0 Å². The highest BCUT2D eigenvalue weighted by Crippen LogP contribution is 2.51. The highest BCUT2D eigenvalue weighted by Gasteiger charge is 2.55. The van der Waals surface area contributed by atoms with Gasteiger partial charge in [-0.15, -0.1) is 0 Å². The van der Waals surface area contributed by atoms with Gasteiger partial charge in [0.05, 0.1) is 11.7 Å². The van der Waals surface area contributed by atoms with Gasteiger partial charge >= 0.3 is 11.7 Å². The summed E-state index contributed by atoms with van der Waals surface area (Å²) in [4.78, 5) is 47.3. The number of fused-ring (bicyclic) bond motifs is 1. The number of hydrogen-bond donors (Lipinski definition) is 3. The minimum absolute atomic E-state index is 0.123. The lowest BCUT2D eigenvalue weighted by Gasteiger charge is -2.35. The van der Waals surface area contributed by atoms with Gasteiger partial charge in [0, 0.05) is 51.5 Å². The molecule has 2 unspecified atom stereocenters. The van der Waals surface area contributed by atoms with Gasteiger partial charge < -0.3 is 21.3 Å². The molecule has 5 N–H and O–H groups in total. The number of piperazine rings is 1. The Morgan fingerprint density at radius 2 is 1.66 bits per heavy atom. The number of carbonyl (C=O) groups excluding carboxylic acids is 2. The molecule has 204 valence electrons. The second kappa shape index (κ2) is 10.8. The number of nitrogens with zero attached hydrogens (tertiary/aromatic N) is 5. The van der Waals surface area contributed by atoms with Gasteiger partial charge in [-0.1, -0.05) is 12.1 Å². The average molecular weight is 523 g/mol. The van der Waals surface area contributed by atoms with Crippen molar-refractivity contribution in [3.63, 3.8) is 0 Å². The third kappa shape index (κ3) is 5.45. The molecule has 5 atom stereocenters. The monoisotopic (exact) mass is 522 g/mol. The van der Waals surface area contributed by atoms with Crippen LogP contribution in [0.2, 0.25) is 0 Å². The molecule has 1 aliphatic carbocycles. The standard InChI is InChI=1S/C27H38N8O3/c1-17(34-15-22-21(14-28)23(22)16-34)13-19-3-5-20(6-4-19)35-8-7-24(31-27(35)38)30-26(37)33-11-9-32(10-12-33)25(36)18(2)29/h3-8,17-18,21-23H,9-16,28-29H2,1-2H3,(H,30,31,37,38)/t17?,18-,21?,22-,23+/m0/s1. The molecule has 3 aliphatic rings. The van der Waals surface area contributed by atoms with Gasteiger partial charge in [-0.2, -0.15) is 4.98 Å². The van der Waals surface area contributed by atoms with Crippen LogP contribution >= 0.6 is 0 Å². The average Bonchev–Trinajstić information content (AvgIpc) is 3.38. The van der Waals surface area contributed by atoms with Crippen LogP contribution in [0.15, 0.2) is 41.3 Å². The van der Waals surface area contributed by atoms with E-state index in [0.717, 1.165) is 49.5 Å². The third-order valence-electron chi connectivity index (χ3n) is 8.35. The predicted octanol–water partition coefficient (Wildman–Crippen LogP) is 0.323. The van der Waals surface area contributed by atoms with Gasteiger partial charge in [0.2, 0.25) is 5.91 Å².